The Hall–Kier alpha value is -2.44. The van der Waals surface area contributed by atoms with Crippen LogP contribution in [-0.2, 0) is 0 Å². The number of rotatable bonds is 4. The number of anilines is 4. The van der Waals surface area contributed by atoms with Crippen molar-refractivity contribution in [2.75, 3.05) is 41.8 Å². The van der Waals surface area contributed by atoms with Gasteiger partial charge in [0, 0.05) is 42.4 Å². The zero-order chi connectivity index (χ0) is 15.4. The molecule has 7 N–H and O–H groups in total. The summed E-state index contributed by atoms with van der Waals surface area (Å²) in [6.45, 7) is 2.70. The zero-order valence-corrected chi connectivity index (χ0v) is 12.4. The first-order valence-corrected chi connectivity index (χ1v) is 7.42. The van der Waals surface area contributed by atoms with E-state index in [-0.39, 0.29) is 6.17 Å². The second kappa shape index (κ2) is 6.55. The van der Waals surface area contributed by atoms with Gasteiger partial charge in [0.25, 0.3) is 0 Å². The van der Waals surface area contributed by atoms with Crippen molar-refractivity contribution in [3.05, 3.63) is 48.5 Å². The summed E-state index contributed by atoms with van der Waals surface area (Å²) in [5.74, 6) is 0. The number of hydrazine groups is 1. The second-order valence-corrected chi connectivity index (χ2v) is 5.41. The standard InChI is InChI=1S/C16H22N6/c17-12-1-5-14(6-2-12)20-16-11-19-9-10-22(16)21-15-7-3-13(18)4-8-15/h1-8,16,19-21H,9-11,17-18H2. The first-order valence-electron chi connectivity index (χ1n) is 7.42. The molecule has 22 heavy (non-hydrogen) atoms. The van der Waals surface area contributed by atoms with E-state index in [0.29, 0.717) is 0 Å². The highest BCUT2D eigenvalue weighted by atomic mass is 15.6. The lowest BCUT2D eigenvalue weighted by molar-refractivity contribution is 0.218. The molecule has 0 bridgehead atoms. The third-order valence-corrected chi connectivity index (χ3v) is 3.67. The SMILES string of the molecule is Nc1ccc(NC2CNCCN2Nc2ccc(N)cc2)cc1. The van der Waals surface area contributed by atoms with Gasteiger partial charge >= 0.3 is 0 Å². The maximum absolute atomic E-state index is 5.73. The molecule has 1 saturated heterocycles. The highest BCUT2D eigenvalue weighted by Gasteiger charge is 2.21. The average Bonchev–Trinajstić information content (AvgIpc) is 2.54. The van der Waals surface area contributed by atoms with Crippen LogP contribution in [0.25, 0.3) is 0 Å². The number of nitrogens with two attached hydrogens (primary N) is 2. The number of hydrogen-bond acceptors (Lipinski definition) is 6. The van der Waals surface area contributed by atoms with E-state index >= 15 is 0 Å². The van der Waals surface area contributed by atoms with Gasteiger partial charge < -0.3 is 27.5 Å². The summed E-state index contributed by atoms with van der Waals surface area (Å²) in [5, 5.41) is 9.11. The van der Waals surface area contributed by atoms with E-state index in [9.17, 15) is 0 Å². The third-order valence-electron chi connectivity index (χ3n) is 3.67. The molecule has 1 aliphatic rings. The lowest BCUT2D eigenvalue weighted by Crippen LogP contribution is -2.56. The van der Waals surface area contributed by atoms with E-state index < -0.39 is 0 Å². The molecule has 1 fully saturated rings. The monoisotopic (exact) mass is 298 g/mol. The third kappa shape index (κ3) is 3.60. The van der Waals surface area contributed by atoms with Crippen molar-refractivity contribution in [3.63, 3.8) is 0 Å². The summed E-state index contributed by atoms with van der Waals surface area (Å²) < 4.78 is 0. The van der Waals surface area contributed by atoms with Crippen molar-refractivity contribution >= 4 is 22.7 Å². The van der Waals surface area contributed by atoms with Crippen LogP contribution in [0.15, 0.2) is 48.5 Å². The van der Waals surface area contributed by atoms with Gasteiger partial charge in [0.2, 0.25) is 0 Å². The van der Waals surface area contributed by atoms with Gasteiger partial charge in [-0.25, -0.2) is 0 Å². The van der Waals surface area contributed by atoms with Crippen LogP contribution in [0.4, 0.5) is 22.7 Å². The maximum Gasteiger partial charge on any atom is 0.110 e. The maximum atomic E-state index is 5.73. The molecular formula is C16H22N6. The number of nitrogens with one attached hydrogen (secondary N) is 3. The van der Waals surface area contributed by atoms with Crippen LogP contribution in [0, 0.1) is 0 Å². The molecule has 0 aliphatic carbocycles. The van der Waals surface area contributed by atoms with Crippen molar-refractivity contribution in [3.8, 4) is 0 Å². The molecule has 1 aliphatic heterocycles. The van der Waals surface area contributed by atoms with Gasteiger partial charge in [-0.1, -0.05) is 0 Å². The van der Waals surface area contributed by atoms with E-state index in [1.54, 1.807) is 0 Å². The van der Waals surface area contributed by atoms with E-state index in [4.69, 9.17) is 11.5 Å². The van der Waals surface area contributed by atoms with Gasteiger partial charge in [-0.3, -0.25) is 0 Å². The Bertz CT molecular complexity index is 540. The molecule has 1 atom stereocenters. The predicted octanol–water partition coefficient (Wildman–Crippen LogP) is 1.52. The van der Waals surface area contributed by atoms with Crippen LogP contribution >= 0.6 is 0 Å². The fourth-order valence-electron chi connectivity index (χ4n) is 2.46. The Morgan fingerprint density at radius 1 is 0.909 bits per heavy atom. The van der Waals surface area contributed by atoms with Gasteiger partial charge in [0.05, 0.1) is 0 Å². The molecule has 0 saturated carbocycles. The molecule has 6 nitrogen and oxygen atoms in total. The number of hydrogen-bond donors (Lipinski definition) is 5. The van der Waals surface area contributed by atoms with Crippen LogP contribution in [-0.4, -0.2) is 30.8 Å². The topological polar surface area (TPSA) is 91.4 Å². The normalized spacial score (nSPS) is 18.8. The fourth-order valence-corrected chi connectivity index (χ4v) is 2.46. The van der Waals surface area contributed by atoms with Gasteiger partial charge in [0.1, 0.15) is 6.17 Å². The number of nitrogen functional groups attached to an aromatic ring is 2. The van der Waals surface area contributed by atoms with Crippen molar-refractivity contribution in [1.29, 1.82) is 0 Å². The molecule has 3 rings (SSSR count). The summed E-state index contributed by atoms with van der Waals surface area (Å²) in [7, 11) is 0. The summed E-state index contributed by atoms with van der Waals surface area (Å²) in [5.41, 5.74) is 18.5. The van der Waals surface area contributed by atoms with E-state index in [2.05, 4.69) is 21.1 Å². The number of benzene rings is 2. The lowest BCUT2D eigenvalue weighted by atomic mass is 10.2. The zero-order valence-electron chi connectivity index (χ0n) is 12.4. The fraction of sp³-hybridized carbons (Fsp3) is 0.250. The average molecular weight is 298 g/mol. The number of nitrogens with zero attached hydrogens (tertiary/aromatic N) is 1. The summed E-state index contributed by atoms with van der Waals surface area (Å²) >= 11 is 0. The second-order valence-electron chi connectivity index (χ2n) is 5.41. The van der Waals surface area contributed by atoms with Crippen molar-refractivity contribution < 1.29 is 0 Å². The van der Waals surface area contributed by atoms with Crippen LogP contribution in [0.1, 0.15) is 0 Å². The van der Waals surface area contributed by atoms with Gasteiger partial charge in [-0.05, 0) is 48.5 Å². The minimum absolute atomic E-state index is 0.148. The Morgan fingerprint density at radius 3 is 2.14 bits per heavy atom. The largest absolute Gasteiger partial charge is 0.399 e. The first-order chi connectivity index (χ1) is 10.7. The van der Waals surface area contributed by atoms with Crippen LogP contribution in [0.5, 0.6) is 0 Å². The van der Waals surface area contributed by atoms with E-state index in [0.717, 1.165) is 42.4 Å². The molecule has 0 radical (unpaired) electrons. The molecular weight excluding hydrogens is 276 g/mol. The molecule has 0 aromatic heterocycles. The van der Waals surface area contributed by atoms with E-state index in [1.807, 2.05) is 48.5 Å². The molecule has 1 unspecified atom stereocenters. The Labute approximate surface area is 130 Å². The lowest BCUT2D eigenvalue weighted by Gasteiger charge is -2.37. The highest BCUT2D eigenvalue weighted by molar-refractivity contribution is 5.53. The van der Waals surface area contributed by atoms with Gasteiger partial charge in [-0.15, -0.1) is 0 Å². The first kappa shape index (κ1) is 14.5. The Kier molecular flexibility index (Phi) is 4.32. The minimum Gasteiger partial charge on any atom is -0.399 e. The molecule has 116 valence electrons. The van der Waals surface area contributed by atoms with Gasteiger partial charge in [0.15, 0.2) is 0 Å². The molecule has 2 aromatic rings. The van der Waals surface area contributed by atoms with Crippen LogP contribution in [0.3, 0.4) is 0 Å². The predicted molar refractivity (Wildman–Crippen MR) is 92.3 cm³/mol. The van der Waals surface area contributed by atoms with Gasteiger partial charge in [-0.2, -0.15) is 5.01 Å². The molecule has 0 spiro atoms. The minimum atomic E-state index is 0.148. The van der Waals surface area contributed by atoms with Crippen LogP contribution < -0.4 is 27.5 Å². The van der Waals surface area contributed by atoms with Crippen molar-refractivity contribution in [2.24, 2.45) is 0 Å². The molecule has 0 amide bonds. The molecule has 2 aromatic carbocycles. The Balaban J connectivity index is 1.68. The highest BCUT2D eigenvalue weighted by Crippen LogP contribution is 2.16. The summed E-state index contributed by atoms with van der Waals surface area (Å²) in [6.07, 6.45) is 0.148. The smallest absolute Gasteiger partial charge is 0.110 e. The molecule has 6 heteroatoms. The van der Waals surface area contributed by atoms with Crippen molar-refractivity contribution in [2.45, 2.75) is 6.17 Å². The number of piperazine rings is 1. The van der Waals surface area contributed by atoms with Crippen LogP contribution in [0.2, 0.25) is 0 Å². The summed E-state index contributed by atoms with van der Waals surface area (Å²) in [6, 6.07) is 15.5. The Morgan fingerprint density at radius 2 is 1.50 bits per heavy atom. The van der Waals surface area contributed by atoms with Crippen molar-refractivity contribution in [1.82, 2.24) is 10.3 Å². The quantitative estimate of drug-likeness (QED) is 0.550. The van der Waals surface area contributed by atoms with E-state index in [1.165, 1.54) is 0 Å². The molecule has 1 heterocycles. The summed E-state index contributed by atoms with van der Waals surface area (Å²) in [4.78, 5) is 0.